The summed E-state index contributed by atoms with van der Waals surface area (Å²) in [5, 5.41) is 15.7. The summed E-state index contributed by atoms with van der Waals surface area (Å²) in [7, 11) is 6.04. The minimum absolute atomic E-state index is 0.0181. The zero-order chi connectivity index (χ0) is 49.5. The van der Waals surface area contributed by atoms with Gasteiger partial charge in [-0.25, -0.2) is 4.98 Å². The standard InChI is InChI=1S/C49H63ClN10O9/c1-51-41(63)30-69-39-27-31-26-33(28-38(68-4)43(31)58(3)47(39)66)56-44-35(50)29-54-49(57-44)59-23-20-32(21-24-59)55-40(62)19-12-10-8-6-5-7-9-11-13-22-53-36-17-14-16-34-42(36)48(67)60(46(34)65)37(18-15-25-61)45(64)52-2/h14,16-17,25-29,32,37,53H,5-13,15,18-24,30H2,1-4H3,(H,51,63)(H,52,64)(H,55,62)(H,54,56,57). The van der Waals surface area contributed by atoms with E-state index in [4.69, 9.17) is 26.1 Å². The van der Waals surface area contributed by atoms with Gasteiger partial charge in [0.2, 0.25) is 17.8 Å². The summed E-state index contributed by atoms with van der Waals surface area (Å²) in [5.74, 6) is -0.505. The molecule has 1 fully saturated rings. The molecule has 69 heavy (non-hydrogen) atoms. The van der Waals surface area contributed by atoms with E-state index in [2.05, 4.69) is 36.5 Å². The van der Waals surface area contributed by atoms with Crippen LogP contribution in [0.4, 0.5) is 23.1 Å². The molecule has 5 N–H and O–H groups in total. The van der Waals surface area contributed by atoms with Crippen LogP contribution < -0.4 is 46.5 Å². The van der Waals surface area contributed by atoms with Crippen LogP contribution in [0.1, 0.15) is 111 Å². The number of rotatable bonds is 26. The molecule has 0 spiro atoms. The maximum absolute atomic E-state index is 13.4. The number of unbranched alkanes of at least 4 members (excludes halogenated alkanes) is 8. The van der Waals surface area contributed by atoms with Gasteiger partial charge < -0.3 is 50.3 Å². The molecule has 20 heteroatoms. The Morgan fingerprint density at radius 1 is 0.899 bits per heavy atom. The molecule has 2 aliphatic heterocycles. The van der Waals surface area contributed by atoms with E-state index < -0.39 is 29.3 Å². The quantitative estimate of drug-likeness (QED) is 0.0291. The van der Waals surface area contributed by atoms with Crippen LogP contribution in [0.15, 0.2) is 47.4 Å². The fraction of sp³-hybridized carbons (Fsp3) is 0.490. The predicted molar refractivity (Wildman–Crippen MR) is 264 cm³/mol. The number of fused-ring (bicyclic) bond motifs is 2. The van der Waals surface area contributed by atoms with Gasteiger partial charge in [0.25, 0.3) is 23.3 Å². The molecule has 0 bridgehead atoms. The lowest BCUT2D eigenvalue weighted by molar-refractivity contribution is -0.125. The molecule has 5 amide bonds. The Hall–Kier alpha value is -6.76. The fourth-order valence-corrected chi connectivity index (χ4v) is 8.89. The van der Waals surface area contributed by atoms with Crippen molar-refractivity contribution >= 4 is 81.5 Å². The topological polar surface area (TPSA) is 235 Å². The Labute approximate surface area is 406 Å². The number of aryl methyl sites for hydroxylation is 1. The zero-order valence-electron chi connectivity index (χ0n) is 39.8. The third-order valence-corrected chi connectivity index (χ3v) is 12.8. The van der Waals surface area contributed by atoms with Gasteiger partial charge in [0, 0.05) is 82.5 Å². The molecule has 19 nitrogen and oxygen atoms in total. The molecular weight excluding hydrogens is 908 g/mol. The summed E-state index contributed by atoms with van der Waals surface area (Å²) < 4.78 is 12.6. The number of aldehydes is 1. The Bertz CT molecular complexity index is 2560. The molecule has 2 aromatic heterocycles. The zero-order valence-corrected chi connectivity index (χ0v) is 40.5. The van der Waals surface area contributed by atoms with Crippen LogP contribution in [0.2, 0.25) is 5.02 Å². The van der Waals surface area contributed by atoms with Gasteiger partial charge >= 0.3 is 0 Å². The maximum atomic E-state index is 13.4. The van der Waals surface area contributed by atoms with Gasteiger partial charge in [-0.05, 0) is 56.4 Å². The first-order chi connectivity index (χ1) is 33.4. The third-order valence-electron chi connectivity index (χ3n) is 12.5. The number of anilines is 4. The smallest absolute Gasteiger partial charge is 0.293 e. The van der Waals surface area contributed by atoms with Crippen molar-refractivity contribution in [3.8, 4) is 11.5 Å². The predicted octanol–water partition coefficient (Wildman–Crippen LogP) is 5.65. The minimum atomic E-state index is -1.05. The molecule has 370 valence electrons. The molecule has 0 radical (unpaired) electrons. The lowest BCUT2D eigenvalue weighted by atomic mass is 10.0. The highest BCUT2D eigenvalue weighted by molar-refractivity contribution is 6.33. The highest BCUT2D eigenvalue weighted by Crippen LogP contribution is 2.35. The molecule has 1 saturated heterocycles. The first kappa shape index (κ1) is 51.6. The van der Waals surface area contributed by atoms with Gasteiger partial charge in [-0.2, -0.15) is 4.98 Å². The van der Waals surface area contributed by atoms with Crippen LogP contribution >= 0.6 is 11.6 Å². The number of hydrogen-bond donors (Lipinski definition) is 5. The molecule has 2 aliphatic rings. The Balaban J connectivity index is 0.854. The number of halogens is 1. The van der Waals surface area contributed by atoms with Gasteiger partial charge in [0.1, 0.15) is 23.1 Å². The van der Waals surface area contributed by atoms with Crippen LogP contribution in [-0.2, 0) is 26.2 Å². The van der Waals surface area contributed by atoms with Crippen molar-refractivity contribution in [1.29, 1.82) is 0 Å². The summed E-state index contributed by atoms with van der Waals surface area (Å²) in [6, 6.07) is 9.20. The van der Waals surface area contributed by atoms with Gasteiger partial charge in [-0.15, -0.1) is 0 Å². The number of piperidine rings is 1. The lowest BCUT2D eigenvalue weighted by Gasteiger charge is -2.32. The van der Waals surface area contributed by atoms with Crippen molar-refractivity contribution < 1.29 is 38.2 Å². The molecule has 1 unspecified atom stereocenters. The van der Waals surface area contributed by atoms with Gasteiger partial charge in [0.15, 0.2) is 18.2 Å². The van der Waals surface area contributed by atoms with Crippen LogP contribution in [0, 0.1) is 0 Å². The largest absolute Gasteiger partial charge is 0.494 e. The van der Waals surface area contributed by atoms with Crippen LogP contribution in [0.25, 0.3) is 10.9 Å². The van der Waals surface area contributed by atoms with Crippen molar-refractivity contribution in [2.24, 2.45) is 7.05 Å². The third kappa shape index (κ3) is 13.1. The number of nitrogens with zero attached hydrogens (tertiary/aromatic N) is 5. The van der Waals surface area contributed by atoms with Gasteiger partial charge in [-0.3, -0.25) is 33.7 Å². The number of nitrogens with one attached hydrogen (secondary N) is 5. The summed E-state index contributed by atoms with van der Waals surface area (Å²) in [5.41, 5.74) is 1.81. The number of carbonyl (C=O) groups is 6. The molecule has 4 aromatic rings. The average molecular weight is 972 g/mol. The highest BCUT2D eigenvalue weighted by atomic mass is 35.5. The number of pyridine rings is 1. The SMILES string of the molecule is CNC(=O)COc1cc2cc(Nc3nc(N4CCC(NC(=O)CCCCCCCCCCCNc5cccc6c5C(=O)N(C(CCC=O)C(=O)NC)C6=O)CC4)ncc3Cl)cc(OC)c2n(C)c1=O. The van der Waals surface area contributed by atoms with E-state index >= 15 is 0 Å². The van der Waals surface area contributed by atoms with Crippen molar-refractivity contribution in [3.63, 3.8) is 0 Å². The summed E-state index contributed by atoms with van der Waals surface area (Å²) in [6.45, 7) is 1.64. The van der Waals surface area contributed by atoms with Crippen LogP contribution in [0.3, 0.4) is 0 Å². The Morgan fingerprint density at radius 2 is 1.61 bits per heavy atom. The average Bonchev–Trinajstić information content (AvgIpc) is 3.61. The van der Waals surface area contributed by atoms with E-state index in [0.717, 1.165) is 75.5 Å². The first-order valence-corrected chi connectivity index (χ1v) is 24.1. The van der Waals surface area contributed by atoms with Crippen molar-refractivity contribution in [2.45, 2.75) is 102 Å². The number of carbonyl (C=O) groups excluding carboxylic acids is 6. The molecular formula is C49H63ClN10O9. The Kier molecular flexibility index (Phi) is 18.7. The van der Waals surface area contributed by atoms with E-state index in [1.165, 1.54) is 25.8 Å². The first-order valence-electron chi connectivity index (χ1n) is 23.7. The molecule has 0 aliphatic carbocycles. The lowest BCUT2D eigenvalue weighted by Crippen LogP contribution is -2.48. The van der Waals surface area contributed by atoms with E-state index in [-0.39, 0.29) is 54.2 Å². The fourth-order valence-electron chi connectivity index (χ4n) is 8.75. The minimum Gasteiger partial charge on any atom is -0.494 e. The number of aromatic nitrogens is 3. The summed E-state index contributed by atoms with van der Waals surface area (Å²) in [4.78, 5) is 100.0. The van der Waals surface area contributed by atoms with Crippen molar-refractivity contribution in [3.05, 3.63) is 69.1 Å². The maximum Gasteiger partial charge on any atom is 0.293 e. The number of benzene rings is 2. The van der Waals surface area contributed by atoms with Crippen molar-refractivity contribution in [2.75, 3.05) is 63.0 Å². The number of hydrogen-bond acceptors (Lipinski definition) is 14. The molecule has 2 aromatic carbocycles. The molecule has 1 atom stereocenters. The van der Waals surface area contributed by atoms with Gasteiger partial charge in [-0.1, -0.05) is 62.6 Å². The Morgan fingerprint density at radius 3 is 2.29 bits per heavy atom. The van der Waals surface area contributed by atoms with Crippen LogP contribution in [0.5, 0.6) is 11.5 Å². The second kappa shape index (κ2) is 25.0. The van der Waals surface area contributed by atoms with Crippen molar-refractivity contribution in [1.82, 2.24) is 35.4 Å². The van der Waals surface area contributed by atoms with E-state index in [1.54, 1.807) is 49.6 Å². The summed E-state index contributed by atoms with van der Waals surface area (Å²) in [6.07, 6.45) is 13.6. The number of amides is 5. The van der Waals surface area contributed by atoms with Crippen LogP contribution in [-0.4, -0.2) is 115 Å². The van der Waals surface area contributed by atoms with E-state index in [0.29, 0.717) is 77.2 Å². The van der Waals surface area contributed by atoms with E-state index in [9.17, 15) is 33.6 Å². The number of methoxy groups -OCH3 is 1. The molecule has 0 saturated carbocycles. The second-order valence-corrected chi connectivity index (χ2v) is 17.6. The molecule has 6 rings (SSSR count). The van der Waals surface area contributed by atoms with Gasteiger partial charge in [0.05, 0.1) is 30.0 Å². The normalized spacial score (nSPS) is 14.0. The number of ether oxygens (including phenoxy) is 2. The second-order valence-electron chi connectivity index (χ2n) is 17.2. The summed E-state index contributed by atoms with van der Waals surface area (Å²) >= 11 is 6.56. The monoisotopic (exact) mass is 970 g/mol. The molecule has 4 heterocycles. The number of imide groups is 1. The number of likely N-dealkylation sites (N-methyl/N-ethyl adjacent to an activating group) is 2. The van der Waals surface area contributed by atoms with E-state index in [1.807, 2.05) is 0 Å². The highest BCUT2D eigenvalue weighted by Gasteiger charge is 2.43.